The fraction of sp³-hybridized carbons (Fsp3) is 1.00. The summed E-state index contributed by atoms with van der Waals surface area (Å²) in [6.07, 6.45) is 5.90. The summed E-state index contributed by atoms with van der Waals surface area (Å²) >= 11 is 0. The first-order chi connectivity index (χ1) is 7.36. The van der Waals surface area contributed by atoms with Gasteiger partial charge in [-0.15, -0.1) is 0 Å². The lowest BCUT2D eigenvalue weighted by molar-refractivity contribution is 0.241. The van der Waals surface area contributed by atoms with Gasteiger partial charge in [-0.1, -0.05) is 13.3 Å². The summed E-state index contributed by atoms with van der Waals surface area (Å²) in [4.78, 5) is 0. The maximum absolute atomic E-state index is 8.96. The van der Waals surface area contributed by atoms with Crippen molar-refractivity contribution in [1.82, 2.24) is 10.6 Å². The van der Waals surface area contributed by atoms with Gasteiger partial charge in [-0.25, -0.2) is 0 Å². The molecule has 1 rings (SSSR count). The van der Waals surface area contributed by atoms with Crippen LogP contribution in [-0.4, -0.2) is 37.4 Å². The Kier molecular flexibility index (Phi) is 6.98. The average Bonchev–Trinajstić information content (AvgIpc) is 2.28. The van der Waals surface area contributed by atoms with Crippen LogP contribution in [0.3, 0.4) is 0 Å². The predicted molar refractivity (Wildman–Crippen MR) is 64.0 cm³/mol. The summed E-state index contributed by atoms with van der Waals surface area (Å²) in [6.45, 7) is 5.93. The number of aliphatic hydroxyl groups excluding tert-OH is 1. The Bertz CT molecular complexity index is 141. The molecular weight excluding hydrogens is 188 g/mol. The van der Waals surface area contributed by atoms with Gasteiger partial charge in [-0.2, -0.15) is 0 Å². The summed E-state index contributed by atoms with van der Waals surface area (Å²) < 4.78 is 0. The maximum Gasteiger partial charge on any atom is 0.0434 e. The normalized spacial score (nSPS) is 20.4. The van der Waals surface area contributed by atoms with Crippen molar-refractivity contribution in [3.8, 4) is 0 Å². The number of rotatable bonds is 7. The molecule has 0 radical (unpaired) electrons. The highest BCUT2D eigenvalue weighted by atomic mass is 16.3. The Hall–Kier alpha value is -0.120. The third kappa shape index (κ3) is 5.50. The smallest absolute Gasteiger partial charge is 0.0434 e. The molecule has 90 valence electrons. The van der Waals surface area contributed by atoms with Crippen molar-refractivity contribution < 1.29 is 5.11 Å². The number of hydrogen-bond acceptors (Lipinski definition) is 3. The van der Waals surface area contributed by atoms with Crippen LogP contribution in [0.1, 0.15) is 39.0 Å². The van der Waals surface area contributed by atoms with Crippen LogP contribution in [0.25, 0.3) is 0 Å². The molecule has 0 aliphatic carbocycles. The molecule has 3 nitrogen and oxygen atoms in total. The van der Waals surface area contributed by atoms with Crippen molar-refractivity contribution in [1.29, 1.82) is 0 Å². The summed E-state index contributed by atoms with van der Waals surface area (Å²) in [6, 6.07) is 0.698. The first-order valence-corrected chi connectivity index (χ1v) is 6.41. The van der Waals surface area contributed by atoms with Crippen molar-refractivity contribution >= 4 is 0 Å². The van der Waals surface area contributed by atoms with E-state index in [0.29, 0.717) is 18.6 Å². The summed E-state index contributed by atoms with van der Waals surface area (Å²) in [5.74, 6) is 0.662. The molecule has 0 aromatic carbocycles. The molecule has 1 unspecified atom stereocenters. The van der Waals surface area contributed by atoms with E-state index in [1.54, 1.807) is 0 Å². The van der Waals surface area contributed by atoms with E-state index in [1.807, 2.05) is 0 Å². The molecule has 3 heteroatoms. The number of nitrogens with one attached hydrogen (secondary N) is 2. The molecule has 0 saturated carbocycles. The van der Waals surface area contributed by atoms with Gasteiger partial charge in [0.15, 0.2) is 0 Å². The van der Waals surface area contributed by atoms with Gasteiger partial charge in [-0.3, -0.25) is 0 Å². The van der Waals surface area contributed by atoms with Crippen LogP contribution in [-0.2, 0) is 0 Å². The largest absolute Gasteiger partial charge is 0.396 e. The number of hydrogen-bond donors (Lipinski definition) is 3. The third-order valence-corrected chi connectivity index (χ3v) is 3.27. The highest BCUT2D eigenvalue weighted by Crippen LogP contribution is 2.11. The Balaban J connectivity index is 2.13. The van der Waals surface area contributed by atoms with E-state index >= 15 is 0 Å². The average molecular weight is 214 g/mol. The van der Waals surface area contributed by atoms with Gasteiger partial charge in [0.25, 0.3) is 0 Å². The molecule has 0 amide bonds. The van der Waals surface area contributed by atoms with E-state index in [9.17, 15) is 0 Å². The van der Waals surface area contributed by atoms with Crippen LogP contribution in [0.4, 0.5) is 0 Å². The molecule has 0 aromatic rings. The summed E-state index contributed by atoms with van der Waals surface area (Å²) in [5, 5.41) is 16.0. The minimum absolute atomic E-state index is 0.332. The second-order valence-corrected chi connectivity index (χ2v) is 4.60. The minimum atomic E-state index is 0.332. The van der Waals surface area contributed by atoms with Crippen molar-refractivity contribution in [3.05, 3.63) is 0 Å². The lowest BCUT2D eigenvalue weighted by atomic mass is 9.98. The van der Waals surface area contributed by atoms with Gasteiger partial charge in [0, 0.05) is 12.6 Å². The van der Waals surface area contributed by atoms with E-state index in [1.165, 1.54) is 25.7 Å². The summed E-state index contributed by atoms with van der Waals surface area (Å²) in [7, 11) is 0. The molecule has 0 bridgehead atoms. The molecule has 0 aromatic heterocycles. The minimum Gasteiger partial charge on any atom is -0.396 e. The molecule has 1 aliphatic rings. The molecule has 0 spiro atoms. The molecule has 1 aliphatic heterocycles. The lowest BCUT2D eigenvalue weighted by Gasteiger charge is -2.26. The van der Waals surface area contributed by atoms with Crippen molar-refractivity contribution in [3.63, 3.8) is 0 Å². The van der Waals surface area contributed by atoms with Crippen LogP contribution < -0.4 is 10.6 Å². The zero-order valence-corrected chi connectivity index (χ0v) is 9.97. The van der Waals surface area contributed by atoms with Gasteiger partial charge in [0.05, 0.1) is 0 Å². The monoisotopic (exact) mass is 214 g/mol. The van der Waals surface area contributed by atoms with Crippen molar-refractivity contribution in [2.24, 2.45) is 5.92 Å². The molecule has 15 heavy (non-hydrogen) atoms. The first-order valence-electron chi connectivity index (χ1n) is 6.41. The van der Waals surface area contributed by atoms with Crippen LogP contribution in [0.15, 0.2) is 0 Å². The third-order valence-electron chi connectivity index (χ3n) is 3.27. The lowest BCUT2D eigenvalue weighted by Crippen LogP contribution is -2.41. The Morgan fingerprint density at radius 2 is 2.07 bits per heavy atom. The standard InChI is InChI=1S/C12H26N2O/c1-2-3-11(6-9-15)10-14-12-4-7-13-8-5-12/h11-15H,2-10H2,1H3. The van der Waals surface area contributed by atoms with Crippen LogP contribution in [0.2, 0.25) is 0 Å². The van der Waals surface area contributed by atoms with E-state index in [4.69, 9.17) is 5.11 Å². The Morgan fingerprint density at radius 3 is 2.67 bits per heavy atom. The second kappa shape index (κ2) is 8.08. The predicted octanol–water partition coefficient (Wildman–Crippen LogP) is 1.13. The number of piperidine rings is 1. The van der Waals surface area contributed by atoms with Crippen LogP contribution in [0, 0.1) is 5.92 Å². The SMILES string of the molecule is CCCC(CCO)CNC1CCNCC1. The van der Waals surface area contributed by atoms with Gasteiger partial charge in [-0.05, 0) is 51.2 Å². The molecule has 1 fully saturated rings. The zero-order chi connectivity index (χ0) is 10.9. The van der Waals surface area contributed by atoms with Gasteiger partial charge < -0.3 is 15.7 Å². The highest BCUT2D eigenvalue weighted by molar-refractivity contribution is 4.75. The zero-order valence-electron chi connectivity index (χ0n) is 9.97. The second-order valence-electron chi connectivity index (χ2n) is 4.60. The maximum atomic E-state index is 8.96. The molecule has 1 atom stereocenters. The van der Waals surface area contributed by atoms with E-state index in [0.717, 1.165) is 26.1 Å². The molecule has 3 N–H and O–H groups in total. The van der Waals surface area contributed by atoms with Gasteiger partial charge in [0.1, 0.15) is 0 Å². The molecule has 1 saturated heterocycles. The topological polar surface area (TPSA) is 44.3 Å². The number of aliphatic hydroxyl groups is 1. The van der Waals surface area contributed by atoms with Crippen molar-refractivity contribution in [2.75, 3.05) is 26.2 Å². The highest BCUT2D eigenvalue weighted by Gasteiger charge is 2.14. The first kappa shape index (κ1) is 12.9. The molecule has 1 heterocycles. The van der Waals surface area contributed by atoms with Crippen LogP contribution in [0.5, 0.6) is 0 Å². The summed E-state index contributed by atoms with van der Waals surface area (Å²) in [5.41, 5.74) is 0. The molecular formula is C12H26N2O. The fourth-order valence-electron chi connectivity index (χ4n) is 2.30. The van der Waals surface area contributed by atoms with E-state index < -0.39 is 0 Å². The van der Waals surface area contributed by atoms with E-state index in [-0.39, 0.29) is 0 Å². The van der Waals surface area contributed by atoms with Crippen molar-refractivity contribution in [2.45, 2.75) is 45.1 Å². The van der Waals surface area contributed by atoms with E-state index in [2.05, 4.69) is 17.6 Å². The van der Waals surface area contributed by atoms with Gasteiger partial charge in [0.2, 0.25) is 0 Å². The van der Waals surface area contributed by atoms with Crippen LogP contribution >= 0.6 is 0 Å². The quantitative estimate of drug-likeness (QED) is 0.595. The Morgan fingerprint density at radius 1 is 1.33 bits per heavy atom. The van der Waals surface area contributed by atoms with Gasteiger partial charge >= 0.3 is 0 Å². The Labute approximate surface area is 93.6 Å². The fourth-order valence-corrected chi connectivity index (χ4v) is 2.30.